The summed E-state index contributed by atoms with van der Waals surface area (Å²) in [6.07, 6.45) is 2.07. The molecular weight excluding hydrogens is 630 g/mol. The van der Waals surface area contributed by atoms with Crippen LogP contribution in [0.1, 0.15) is 29.3 Å². The summed E-state index contributed by atoms with van der Waals surface area (Å²) in [7, 11) is 1.44. The SMILES string of the molecule is CCC(Sc1cccc(NC(=O)/C(=C\c2ccc(O)cc2OC)NC(=O)c2ccccc2)c1)C(=O)Nc1ccccc1Br. The molecule has 0 radical (unpaired) electrons. The number of hydrogen-bond donors (Lipinski definition) is 4. The molecule has 1 unspecified atom stereocenters. The lowest BCUT2D eigenvalue weighted by Crippen LogP contribution is -2.30. The number of para-hydroxylation sites is 1. The molecule has 3 amide bonds. The molecule has 0 heterocycles. The number of hydrogen-bond acceptors (Lipinski definition) is 6. The van der Waals surface area contributed by atoms with Gasteiger partial charge in [0.05, 0.1) is 18.0 Å². The molecule has 0 fully saturated rings. The average molecular weight is 661 g/mol. The zero-order chi connectivity index (χ0) is 30.8. The van der Waals surface area contributed by atoms with E-state index in [2.05, 4.69) is 31.9 Å². The normalized spacial score (nSPS) is 11.7. The molecule has 0 saturated heterocycles. The van der Waals surface area contributed by atoms with Crippen LogP contribution in [0.2, 0.25) is 0 Å². The van der Waals surface area contributed by atoms with Gasteiger partial charge >= 0.3 is 0 Å². The molecule has 0 aliphatic rings. The van der Waals surface area contributed by atoms with E-state index in [1.807, 2.05) is 37.3 Å². The van der Waals surface area contributed by atoms with Gasteiger partial charge < -0.3 is 25.8 Å². The minimum Gasteiger partial charge on any atom is -0.508 e. The van der Waals surface area contributed by atoms with E-state index < -0.39 is 11.8 Å². The lowest BCUT2D eigenvalue weighted by Gasteiger charge is -2.16. The number of thioether (sulfide) groups is 1. The fraction of sp³-hybridized carbons (Fsp3) is 0.121. The zero-order valence-electron chi connectivity index (χ0n) is 23.5. The molecule has 1 atom stereocenters. The first-order valence-corrected chi connectivity index (χ1v) is 15.0. The number of anilines is 2. The molecule has 220 valence electrons. The smallest absolute Gasteiger partial charge is 0.272 e. The molecule has 0 saturated carbocycles. The van der Waals surface area contributed by atoms with Gasteiger partial charge in [-0.2, -0.15) is 0 Å². The highest BCUT2D eigenvalue weighted by molar-refractivity contribution is 9.10. The molecular formula is C33H30BrN3O5S. The van der Waals surface area contributed by atoms with Crippen molar-refractivity contribution in [2.75, 3.05) is 17.7 Å². The van der Waals surface area contributed by atoms with Crippen molar-refractivity contribution in [2.45, 2.75) is 23.5 Å². The van der Waals surface area contributed by atoms with Gasteiger partial charge in [0.1, 0.15) is 17.2 Å². The van der Waals surface area contributed by atoms with Crippen LogP contribution < -0.4 is 20.7 Å². The molecule has 0 bridgehead atoms. The van der Waals surface area contributed by atoms with Crippen molar-refractivity contribution in [3.8, 4) is 11.5 Å². The van der Waals surface area contributed by atoms with Gasteiger partial charge in [0.15, 0.2) is 0 Å². The summed E-state index contributed by atoms with van der Waals surface area (Å²) in [4.78, 5) is 40.3. The maximum Gasteiger partial charge on any atom is 0.272 e. The van der Waals surface area contributed by atoms with E-state index in [0.717, 1.165) is 9.37 Å². The minimum atomic E-state index is -0.569. The van der Waals surface area contributed by atoms with E-state index in [0.29, 0.717) is 34.7 Å². The highest BCUT2D eigenvalue weighted by Crippen LogP contribution is 2.30. The largest absolute Gasteiger partial charge is 0.508 e. The van der Waals surface area contributed by atoms with E-state index in [1.165, 1.54) is 37.1 Å². The lowest BCUT2D eigenvalue weighted by atomic mass is 10.1. The number of ether oxygens (including phenoxy) is 1. The Balaban J connectivity index is 1.54. The summed E-state index contributed by atoms with van der Waals surface area (Å²) in [6, 6.07) is 27.5. The van der Waals surface area contributed by atoms with E-state index in [1.54, 1.807) is 54.6 Å². The molecule has 4 aromatic carbocycles. The highest BCUT2D eigenvalue weighted by atomic mass is 79.9. The van der Waals surface area contributed by atoms with Crippen molar-refractivity contribution in [2.24, 2.45) is 0 Å². The number of phenolic OH excluding ortho intramolecular Hbond substituents is 1. The highest BCUT2D eigenvalue weighted by Gasteiger charge is 2.20. The topological polar surface area (TPSA) is 117 Å². The van der Waals surface area contributed by atoms with Crippen LogP contribution in [0.5, 0.6) is 11.5 Å². The number of methoxy groups -OCH3 is 1. The summed E-state index contributed by atoms with van der Waals surface area (Å²) < 4.78 is 6.15. The predicted molar refractivity (Wildman–Crippen MR) is 174 cm³/mol. The fourth-order valence-corrected chi connectivity index (χ4v) is 5.42. The standard InChI is InChI=1S/C33H30BrN3O5S/c1-3-30(33(41)36-27-15-8-7-14-26(27)34)43-25-13-9-12-23(19-25)35-32(40)28(37-31(39)21-10-5-4-6-11-21)18-22-16-17-24(38)20-29(22)42-2/h4-20,30,38H,3H2,1-2H3,(H,35,40)(H,36,41)(H,37,39)/b28-18+. The van der Waals surface area contributed by atoms with Gasteiger partial charge in [0.25, 0.3) is 11.8 Å². The first-order valence-electron chi connectivity index (χ1n) is 13.4. The third-order valence-corrected chi connectivity index (χ3v) is 8.26. The second kappa shape index (κ2) is 15.1. The van der Waals surface area contributed by atoms with Crippen molar-refractivity contribution in [1.29, 1.82) is 0 Å². The van der Waals surface area contributed by atoms with Gasteiger partial charge in [-0.15, -0.1) is 11.8 Å². The first kappa shape index (κ1) is 31.4. The predicted octanol–water partition coefficient (Wildman–Crippen LogP) is 7.08. The monoisotopic (exact) mass is 659 g/mol. The lowest BCUT2D eigenvalue weighted by molar-refractivity contribution is -0.116. The van der Waals surface area contributed by atoms with Crippen LogP contribution in [-0.2, 0) is 9.59 Å². The maximum atomic E-state index is 13.5. The molecule has 10 heteroatoms. The summed E-state index contributed by atoms with van der Waals surface area (Å²) >= 11 is 4.84. The number of halogens is 1. The van der Waals surface area contributed by atoms with Gasteiger partial charge in [0.2, 0.25) is 5.91 Å². The Kier molecular flexibility index (Phi) is 11.0. The molecule has 4 aromatic rings. The maximum absolute atomic E-state index is 13.5. The Morgan fingerprint density at radius 2 is 1.67 bits per heavy atom. The quantitative estimate of drug-likeness (QED) is 0.101. The van der Waals surface area contributed by atoms with Crippen molar-refractivity contribution in [3.05, 3.63) is 118 Å². The van der Waals surface area contributed by atoms with Gasteiger partial charge in [-0.1, -0.05) is 43.3 Å². The van der Waals surface area contributed by atoms with Crippen LogP contribution in [0, 0.1) is 0 Å². The molecule has 43 heavy (non-hydrogen) atoms. The first-order chi connectivity index (χ1) is 20.8. The zero-order valence-corrected chi connectivity index (χ0v) is 25.9. The minimum absolute atomic E-state index is 0.00175. The van der Waals surface area contributed by atoms with Crippen molar-refractivity contribution in [3.63, 3.8) is 0 Å². The van der Waals surface area contributed by atoms with Crippen LogP contribution in [0.15, 0.2) is 112 Å². The average Bonchev–Trinajstić information content (AvgIpc) is 3.01. The number of benzene rings is 4. The molecule has 0 aliphatic carbocycles. The van der Waals surface area contributed by atoms with Gasteiger partial charge in [0, 0.05) is 32.2 Å². The number of carbonyl (C=O) groups excluding carboxylic acids is 3. The van der Waals surface area contributed by atoms with Crippen LogP contribution >= 0.6 is 27.7 Å². The number of amides is 3. The molecule has 8 nitrogen and oxygen atoms in total. The van der Waals surface area contributed by atoms with Crippen LogP contribution in [0.3, 0.4) is 0 Å². The number of aromatic hydroxyl groups is 1. The van der Waals surface area contributed by atoms with Gasteiger partial charge in [-0.3, -0.25) is 14.4 Å². The summed E-state index contributed by atoms with van der Waals surface area (Å²) in [5.74, 6) is -0.848. The Morgan fingerprint density at radius 3 is 2.40 bits per heavy atom. The number of rotatable bonds is 11. The Bertz CT molecular complexity index is 1640. The van der Waals surface area contributed by atoms with Gasteiger partial charge in [-0.25, -0.2) is 0 Å². The van der Waals surface area contributed by atoms with Crippen molar-refractivity contribution < 1.29 is 24.2 Å². The molecule has 4 rings (SSSR count). The Labute approximate surface area is 262 Å². The third kappa shape index (κ3) is 8.73. The van der Waals surface area contributed by atoms with Crippen LogP contribution in [0.4, 0.5) is 11.4 Å². The number of nitrogens with one attached hydrogen (secondary N) is 3. The van der Waals surface area contributed by atoms with E-state index in [4.69, 9.17) is 4.74 Å². The van der Waals surface area contributed by atoms with Crippen LogP contribution in [0.25, 0.3) is 6.08 Å². The van der Waals surface area contributed by atoms with Crippen molar-refractivity contribution >= 4 is 62.9 Å². The molecule has 0 spiro atoms. The van der Waals surface area contributed by atoms with Crippen molar-refractivity contribution in [1.82, 2.24) is 5.32 Å². The summed E-state index contributed by atoms with van der Waals surface area (Å²) in [6.45, 7) is 1.94. The van der Waals surface area contributed by atoms with Crippen LogP contribution in [-0.4, -0.2) is 35.2 Å². The molecule has 4 N–H and O–H groups in total. The van der Waals surface area contributed by atoms with E-state index in [-0.39, 0.29) is 22.6 Å². The third-order valence-electron chi connectivity index (χ3n) is 6.21. The van der Waals surface area contributed by atoms with Gasteiger partial charge in [-0.05, 0) is 83.0 Å². The molecule has 0 aromatic heterocycles. The number of carbonyl (C=O) groups is 3. The van der Waals surface area contributed by atoms with E-state index >= 15 is 0 Å². The number of phenols is 1. The second-order valence-electron chi connectivity index (χ2n) is 9.27. The van der Waals surface area contributed by atoms with E-state index in [9.17, 15) is 19.5 Å². The summed E-state index contributed by atoms with van der Waals surface area (Å²) in [5, 5.41) is 18.0. The Morgan fingerprint density at radius 1 is 0.930 bits per heavy atom. The summed E-state index contributed by atoms with van der Waals surface area (Å²) in [5.41, 5.74) is 1.99. The molecule has 0 aliphatic heterocycles. The fourth-order valence-electron chi connectivity index (χ4n) is 4.02. The Hall–Kier alpha value is -4.54. The second-order valence-corrected chi connectivity index (χ2v) is 11.4.